The lowest BCUT2D eigenvalue weighted by Gasteiger charge is -2.30. The van der Waals surface area contributed by atoms with Crippen LogP contribution in [0.4, 0.5) is 17.6 Å². The molecule has 12 nitrogen and oxygen atoms in total. The zero-order valence-corrected chi connectivity index (χ0v) is 31.9. The smallest absolute Gasteiger partial charge is 0.417 e. The molecule has 0 aliphatic heterocycles. The highest BCUT2D eigenvalue weighted by molar-refractivity contribution is 5.85. The molecule has 0 fully saturated rings. The molecule has 3 aromatic rings. The molecule has 0 aliphatic rings. The Kier molecular flexibility index (Phi) is 20.3. The van der Waals surface area contributed by atoms with E-state index in [0.29, 0.717) is 103 Å². The predicted molar refractivity (Wildman–Crippen MR) is 195 cm³/mol. The Morgan fingerprint density at radius 1 is 0.745 bits per heavy atom. The van der Waals surface area contributed by atoms with Crippen LogP contribution in [0.5, 0.6) is 11.6 Å². The Labute approximate surface area is 320 Å². The summed E-state index contributed by atoms with van der Waals surface area (Å²) in [5.74, 6) is -0.889. The highest BCUT2D eigenvalue weighted by Crippen LogP contribution is 2.30. The second-order valence-electron chi connectivity index (χ2n) is 12.7. The molecule has 0 spiro atoms. The summed E-state index contributed by atoms with van der Waals surface area (Å²) in [5, 5.41) is 2.95. The molecule has 2 unspecified atom stereocenters. The Hall–Kier alpha value is -3.93. The Bertz CT molecular complexity index is 1500. The molecule has 0 saturated heterocycles. The Morgan fingerprint density at radius 2 is 1.29 bits per heavy atom. The van der Waals surface area contributed by atoms with E-state index in [0.717, 1.165) is 17.7 Å². The average Bonchev–Trinajstić information content (AvgIpc) is 3.15. The third kappa shape index (κ3) is 18.0. The summed E-state index contributed by atoms with van der Waals surface area (Å²) in [4.78, 5) is 21.7. The van der Waals surface area contributed by atoms with Crippen molar-refractivity contribution in [2.45, 2.75) is 57.9 Å². The minimum atomic E-state index is -4.55. The van der Waals surface area contributed by atoms with Gasteiger partial charge in [0, 0.05) is 48.8 Å². The minimum absolute atomic E-state index is 0.138. The van der Waals surface area contributed by atoms with Crippen molar-refractivity contribution in [3.05, 3.63) is 83.6 Å². The summed E-state index contributed by atoms with van der Waals surface area (Å²) in [6.07, 6.45) is -1.91. The van der Waals surface area contributed by atoms with Gasteiger partial charge in [0.2, 0.25) is 5.88 Å². The molecule has 1 amide bonds. The quantitative estimate of drug-likeness (QED) is 0.0707. The van der Waals surface area contributed by atoms with E-state index in [1.807, 2.05) is 6.92 Å². The lowest BCUT2D eigenvalue weighted by molar-refractivity contribution is -0.138. The van der Waals surface area contributed by atoms with Gasteiger partial charge in [0.15, 0.2) is 5.60 Å². The first kappa shape index (κ1) is 45.5. The van der Waals surface area contributed by atoms with Crippen molar-refractivity contribution in [3.63, 3.8) is 0 Å². The highest BCUT2D eigenvalue weighted by atomic mass is 19.4. The number of carbonyl (C=O) groups excluding carboxylic acids is 1. The number of nitrogens with zero attached hydrogens (tertiary/aromatic N) is 2. The van der Waals surface area contributed by atoms with Crippen molar-refractivity contribution < 1.29 is 60.3 Å². The van der Waals surface area contributed by atoms with Crippen molar-refractivity contribution in [1.29, 1.82) is 0 Å². The fourth-order valence-electron chi connectivity index (χ4n) is 4.99. The van der Waals surface area contributed by atoms with E-state index in [9.17, 15) is 22.4 Å². The fraction of sp³-hybridized carbons (Fsp3) is 0.564. The molecular weight excluding hydrogens is 730 g/mol. The van der Waals surface area contributed by atoms with Crippen molar-refractivity contribution in [1.82, 2.24) is 15.3 Å². The van der Waals surface area contributed by atoms with Gasteiger partial charge in [-0.3, -0.25) is 9.78 Å². The van der Waals surface area contributed by atoms with Crippen LogP contribution in [0.3, 0.4) is 0 Å². The molecule has 2 heterocycles. The van der Waals surface area contributed by atoms with Gasteiger partial charge in [-0.05, 0) is 63.9 Å². The van der Waals surface area contributed by atoms with Crippen molar-refractivity contribution in [3.8, 4) is 11.6 Å². The molecule has 55 heavy (non-hydrogen) atoms. The largest absolute Gasteiger partial charge is 0.491 e. The third-order valence-corrected chi connectivity index (χ3v) is 7.99. The van der Waals surface area contributed by atoms with Gasteiger partial charge < -0.3 is 43.2 Å². The first-order valence-electron chi connectivity index (χ1n) is 18.2. The van der Waals surface area contributed by atoms with Gasteiger partial charge >= 0.3 is 6.18 Å². The molecule has 16 heteroatoms. The van der Waals surface area contributed by atoms with Gasteiger partial charge in [-0.2, -0.15) is 13.2 Å². The number of hydrogen-bond donors (Lipinski definition) is 1. The van der Waals surface area contributed by atoms with Gasteiger partial charge in [0.05, 0.1) is 78.2 Å². The summed E-state index contributed by atoms with van der Waals surface area (Å²) in [6, 6.07) is 10.9. The summed E-state index contributed by atoms with van der Waals surface area (Å²) >= 11 is 0. The summed E-state index contributed by atoms with van der Waals surface area (Å²) in [5.41, 5.74) is -0.997. The number of aromatic nitrogens is 2. The molecular formula is C39H53F4N3O9. The molecule has 0 bridgehead atoms. The third-order valence-electron chi connectivity index (χ3n) is 7.99. The van der Waals surface area contributed by atoms with Crippen LogP contribution in [-0.4, -0.2) is 113 Å². The molecule has 1 aromatic carbocycles. The molecule has 3 rings (SSSR count). The maximum Gasteiger partial charge on any atom is 0.417 e. The number of halogens is 4. The van der Waals surface area contributed by atoms with Gasteiger partial charge in [-0.25, -0.2) is 9.37 Å². The van der Waals surface area contributed by atoms with Crippen LogP contribution >= 0.6 is 0 Å². The van der Waals surface area contributed by atoms with E-state index in [1.165, 1.54) is 26.0 Å². The van der Waals surface area contributed by atoms with Crippen LogP contribution in [0.1, 0.15) is 50.4 Å². The molecule has 2 aromatic heterocycles. The lowest BCUT2D eigenvalue weighted by atomic mass is 9.89. The van der Waals surface area contributed by atoms with Crippen LogP contribution in [0, 0.1) is 5.82 Å². The number of rotatable bonds is 28. The molecule has 1 N–H and O–H groups in total. The summed E-state index contributed by atoms with van der Waals surface area (Å²) in [6.45, 7) is 12.7. The number of ether oxygens (including phenoxy) is 8. The second-order valence-corrected chi connectivity index (χ2v) is 12.7. The topological polar surface area (TPSA) is 129 Å². The van der Waals surface area contributed by atoms with E-state index in [4.69, 9.17) is 37.9 Å². The van der Waals surface area contributed by atoms with E-state index in [-0.39, 0.29) is 18.3 Å². The number of nitrogens with one attached hydrogen (secondary N) is 1. The standard InChI is InChI=1S/C39H53F4N3O9/c1-5-48-14-15-49-16-17-50-18-19-51-20-21-52-22-23-53-24-25-54-33-12-13-44-35(27-33)34(26-30-6-9-32(40)10-7-30)29(2)46-37(47)38(3,4)55-36-11-8-31(28-45-36)39(41,42)43/h6-13,27-29,34H,5,14-26H2,1-4H3,(H,46,47). The summed E-state index contributed by atoms with van der Waals surface area (Å²) < 4.78 is 96.8. The maximum atomic E-state index is 13.7. The second kappa shape index (κ2) is 24.6. The van der Waals surface area contributed by atoms with Gasteiger partial charge in [-0.15, -0.1) is 0 Å². The number of pyridine rings is 2. The van der Waals surface area contributed by atoms with E-state index in [2.05, 4.69) is 15.3 Å². The SMILES string of the molecule is CCOCCOCCOCCOCCOCCOCCOc1ccnc(C(Cc2ccc(F)cc2)C(C)NC(=O)C(C)(C)Oc2ccc(C(F)(F)F)cn2)c1. The minimum Gasteiger partial charge on any atom is -0.491 e. The molecule has 0 radical (unpaired) electrons. The highest BCUT2D eigenvalue weighted by Gasteiger charge is 2.35. The van der Waals surface area contributed by atoms with Gasteiger partial charge in [0.1, 0.15) is 18.2 Å². The normalized spacial score (nSPS) is 13.0. The summed E-state index contributed by atoms with van der Waals surface area (Å²) in [7, 11) is 0. The maximum absolute atomic E-state index is 13.7. The van der Waals surface area contributed by atoms with Crippen LogP contribution in [0.15, 0.2) is 60.9 Å². The number of hydrogen-bond acceptors (Lipinski definition) is 11. The Morgan fingerprint density at radius 3 is 1.80 bits per heavy atom. The van der Waals surface area contributed by atoms with Gasteiger partial charge in [0.25, 0.3) is 5.91 Å². The number of carbonyl (C=O) groups is 1. The van der Waals surface area contributed by atoms with Crippen molar-refractivity contribution in [2.75, 3.05) is 85.9 Å². The number of alkyl halides is 3. The zero-order chi connectivity index (χ0) is 39.9. The van der Waals surface area contributed by atoms with Crippen molar-refractivity contribution >= 4 is 5.91 Å². The van der Waals surface area contributed by atoms with Crippen LogP contribution in [0.2, 0.25) is 0 Å². The first-order valence-corrected chi connectivity index (χ1v) is 18.2. The average molecular weight is 784 g/mol. The molecule has 2 atom stereocenters. The Balaban J connectivity index is 1.42. The number of amides is 1. The predicted octanol–water partition coefficient (Wildman–Crippen LogP) is 5.82. The van der Waals surface area contributed by atoms with E-state index in [1.54, 1.807) is 37.4 Å². The lowest BCUT2D eigenvalue weighted by Crippen LogP contribution is -2.51. The van der Waals surface area contributed by atoms with Crippen LogP contribution < -0.4 is 14.8 Å². The number of benzene rings is 1. The zero-order valence-electron chi connectivity index (χ0n) is 31.9. The van der Waals surface area contributed by atoms with E-state index < -0.39 is 35.2 Å². The van der Waals surface area contributed by atoms with E-state index >= 15 is 0 Å². The van der Waals surface area contributed by atoms with Gasteiger partial charge in [-0.1, -0.05) is 12.1 Å². The molecule has 306 valence electrons. The fourth-order valence-corrected chi connectivity index (χ4v) is 4.99. The first-order chi connectivity index (χ1) is 26.4. The molecule has 0 saturated carbocycles. The van der Waals surface area contributed by atoms with Crippen LogP contribution in [0.25, 0.3) is 0 Å². The molecule has 0 aliphatic carbocycles. The van der Waals surface area contributed by atoms with Crippen molar-refractivity contribution in [2.24, 2.45) is 0 Å². The monoisotopic (exact) mass is 783 g/mol. The van der Waals surface area contributed by atoms with Crippen LogP contribution in [-0.2, 0) is 45.8 Å².